The molecule has 4 aromatic carbocycles. The van der Waals surface area contributed by atoms with E-state index in [-0.39, 0.29) is 4.90 Å². The molecule has 1 aliphatic rings. The van der Waals surface area contributed by atoms with Crippen LogP contribution in [-0.2, 0) is 42.3 Å². The number of hydrogen-bond acceptors (Lipinski definition) is 11. The molecule has 2 atom stereocenters. The lowest BCUT2D eigenvalue weighted by molar-refractivity contribution is -0.155. The van der Waals surface area contributed by atoms with Gasteiger partial charge in [-0.15, -0.1) is 0 Å². The highest BCUT2D eigenvalue weighted by Gasteiger charge is 2.55. The van der Waals surface area contributed by atoms with Gasteiger partial charge < -0.3 is 19.0 Å². The predicted octanol–water partition coefficient (Wildman–Crippen LogP) is 4.69. The van der Waals surface area contributed by atoms with Gasteiger partial charge >= 0.3 is 16.1 Å². The summed E-state index contributed by atoms with van der Waals surface area (Å²) in [6, 6.07) is 30.3. The predicted molar refractivity (Wildman–Crippen MR) is 190 cm³/mol. The Balaban J connectivity index is 1.53. The van der Waals surface area contributed by atoms with Gasteiger partial charge in [0.25, 0.3) is 11.8 Å². The first kappa shape index (κ1) is 37.1. The third-order valence-electron chi connectivity index (χ3n) is 7.48. The normalized spacial score (nSPS) is 16.5. The average molecular weight is 751 g/mol. The Bertz CT molecular complexity index is 2090. The molecule has 0 aromatic heterocycles. The smallest absolute Gasteiger partial charge is 0.359 e. The fourth-order valence-electron chi connectivity index (χ4n) is 5.13. The van der Waals surface area contributed by atoms with Crippen molar-refractivity contribution in [1.29, 1.82) is 0 Å². The van der Waals surface area contributed by atoms with Crippen LogP contribution in [0.3, 0.4) is 0 Å². The van der Waals surface area contributed by atoms with Crippen molar-refractivity contribution in [3.8, 4) is 5.75 Å². The molecule has 1 saturated heterocycles. The van der Waals surface area contributed by atoms with Gasteiger partial charge in [-0.05, 0) is 49.2 Å². The summed E-state index contributed by atoms with van der Waals surface area (Å²) < 4.78 is 68.5. The van der Waals surface area contributed by atoms with Gasteiger partial charge in [-0.1, -0.05) is 96.6 Å². The lowest BCUT2D eigenvalue weighted by Gasteiger charge is -2.46. The molecule has 2 amide bonds. The fourth-order valence-corrected chi connectivity index (χ4v) is 9.13. The third kappa shape index (κ3) is 9.36. The number of esters is 1. The molecule has 5 rings (SSSR count). The minimum atomic E-state index is -4.25. The highest BCUT2D eigenvalue weighted by Crippen LogP contribution is 2.41. The van der Waals surface area contributed by atoms with Crippen molar-refractivity contribution < 1.29 is 44.9 Å². The molecular weight excluding hydrogens is 717 g/mol. The standard InChI is InChI=1S/C36H34N2O10S3/c1-24-19-21-29(22-20-24)51(44,45)49-35-31(37-30(39)23-46-28-17-11-6-12-18-28)34(40)38(35)32(25(2)48-50(3,42)43)36(41)47-33(26-13-7-4-8-14-26)27-15-9-5-10-16-27/h4-22,31,33,35H,23H2,1-3H3,(H,37,39)/b32-25+/t31-,35-/m1/s1. The Morgan fingerprint density at radius 1 is 0.824 bits per heavy atom. The first-order valence-electron chi connectivity index (χ1n) is 15.4. The van der Waals surface area contributed by atoms with Crippen molar-refractivity contribution in [3.05, 3.63) is 143 Å². The largest absolute Gasteiger partial charge is 0.484 e. The molecule has 4 aromatic rings. The maximum absolute atomic E-state index is 14.2. The van der Waals surface area contributed by atoms with Gasteiger partial charge in [-0.25, -0.2) is 13.2 Å². The zero-order valence-corrected chi connectivity index (χ0v) is 30.1. The van der Waals surface area contributed by atoms with E-state index in [0.717, 1.165) is 23.6 Å². The topological polar surface area (TPSA) is 162 Å². The summed E-state index contributed by atoms with van der Waals surface area (Å²) in [5, 5.41) is 1.02. The first-order valence-corrected chi connectivity index (χ1v) is 20.1. The number of ether oxygens (including phenoxy) is 2. The monoisotopic (exact) mass is 750 g/mol. The molecule has 51 heavy (non-hydrogen) atoms. The number of carbonyl (C=O) groups is 3. The summed E-state index contributed by atoms with van der Waals surface area (Å²) in [7, 11) is -8.20. The molecule has 0 unspecified atom stereocenters. The van der Waals surface area contributed by atoms with E-state index in [1.165, 1.54) is 12.1 Å². The van der Waals surface area contributed by atoms with Crippen LogP contribution in [0.15, 0.2) is 132 Å². The van der Waals surface area contributed by atoms with Gasteiger partial charge in [0.05, 0.1) is 11.2 Å². The number of para-hydroxylation sites is 1. The molecule has 0 aliphatic carbocycles. The van der Waals surface area contributed by atoms with Crippen LogP contribution >= 0.6 is 10.8 Å². The van der Waals surface area contributed by atoms with E-state index in [9.17, 15) is 31.2 Å². The van der Waals surface area contributed by atoms with E-state index in [1.54, 1.807) is 110 Å². The average Bonchev–Trinajstić information content (AvgIpc) is 3.10. The number of nitrogens with one attached hydrogen (secondary N) is 1. The number of amides is 2. The highest BCUT2D eigenvalue weighted by molar-refractivity contribution is 8.72. The van der Waals surface area contributed by atoms with Crippen LogP contribution in [-0.4, -0.2) is 63.8 Å². The van der Waals surface area contributed by atoms with E-state index < -0.39 is 72.4 Å². The van der Waals surface area contributed by atoms with Crippen molar-refractivity contribution in [2.45, 2.75) is 36.3 Å². The summed E-state index contributed by atoms with van der Waals surface area (Å²) in [6.45, 7) is 2.41. The Morgan fingerprint density at radius 3 is 1.88 bits per heavy atom. The van der Waals surface area contributed by atoms with E-state index in [0.29, 0.717) is 27.7 Å². The van der Waals surface area contributed by atoms with Crippen molar-refractivity contribution in [1.82, 2.24) is 10.2 Å². The van der Waals surface area contributed by atoms with E-state index in [4.69, 9.17) is 13.7 Å². The van der Waals surface area contributed by atoms with Crippen LogP contribution in [0.2, 0.25) is 0 Å². The van der Waals surface area contributed by atoms with Gasteiger partial charge in [0.2, 0.25) is 8.87 Å². The number of nitrogens with zero attached hydrogens (tertiary/aromatic N) is 1. The van der Waals surface area contributed by atoms with Crippen molar-refractivity contribution in [3.63, 3.8) is 0 Å². The SMILES string of the molecule is C/C(OS(C)(=O)=O)=C(/C(=O)OC(c1ccccc1)c1ccccc1)N1C(=O)[C@@H](NC(=O)COc2ccccc2)[C@H]1SS(=O)(=O)c1ccc(C)cc1. The van der Waals surface area contributed by atoms with E-state index in [2.05, 4.69) is 5.32 Å². The van der Waals surface area contributed by atoms with Crippen molar-refractivity contribution >= 4 is 47.6 Å². The number of hydrogen-bond donors (Lipinski definition) is 1. The lowest BCUT2D eigenvalue weighted by Crippen LogP contribution is -2.70. The Morgan fingerprint density at radius 2 is 1.35 bits per heavy atom. The maximum atomic E-state index is 14.2. The quantitative estimate of drug-likeness (QED) is 0.0475. The van der Waals surface area contributed by atoms with Gasteiger partial charge in [0, 0.05) is 10.8 Å². The van der Waals surface area contributed by atoms with Crippen molar-refractivity contribution in [2.75, 3.05) is 12.9 Å². The number of rotatable bonds is 14. The minimum absolute atomic E-state index is 0.0969. The Kier molecular flexibility index (Phi) is 11.5. The molecule has 0 spiro atoms. The Labute approximate surface area is 299 Å². The molecule has 0 bridgehead atoms. The maximum Gasteiger partial charge on any atom is 0.359 e. The van der Waals surface area contributed by atoms with Crippen molar-refractivity contribution in [2.24, 2.45) is 0 Å². The zero-order valence-electron chi connectivity index (χ0n) is 27.7. The fraction of sp³-hybridized carbons (Fsp3) is 0.194. The van der Waals surface area contributed by atoms with Gasteiger partial charge in [0.15, 0.2) is 18.4 Å². The summed E-state index contributed by atoms with van der Waals surface area (Å²) >= 11 is 0. The lowest BCUT2D eigenvalue weighted by atomic mass is 10.0. The highest BCUT2D eigenvalue weighted by atomic mass is 33.1. The second-order valence-corrected chi connectivity index (χ2v) is 16.9. The van der Waals surface area contributed by atoms with Crippen LogP contribution in [0.1, 0.15) is 29.7 Å². The number of carbonyl (C=O) groups excluding carboxylic acids is 3. The third-order valence-corrected chi connectivity index (χ3v) is 11.7. The van der Waals surface area contributed by atoms with Gasteiger partial charge in [-0.2, -0.15) is 8.42 Å². The van der Waals surface area contributed by atoms with Crippen LogP contribution in [0.4, 0.5) is 0 Å². The molecule has 15 heteroatoms. The van der Waals surface area contributed by atoms with Crippen LogP contribution < -0.4 is 10.1 Å². The summed E-state index contributed by atoms with van der Waals surface area (Å²) in [4.78, 5) is 41.8. The molecular formula is C36H34N2O10S3. The number of allylic oxidation sites excluding steroid dienone is 1. The Hall–Kier alpha value is -5.12. The number of β-lactam (4-membered cyclic amide) rings is 1. The zero-order chi connectivity index (χ0) is 36.8. The molecule has 12 nitrogen and oxygen atoms in total. The molecule has 1 N–H and O–H groups in total. The minimum Gasteiger partial charge on any atom is -0.484 e. The van der Waals surface area contributed by atoms with E-state index in [1.807, 2.05) is 0 Å². The summed E-state index contributed by atoms with van der Waals surface area (Å²) in [6.07, 6.45) is -0.275. The number of aryl methyl sites for hydroxylation is 1. The second-order valence-electron chi connectivity index (χ2n) is 11.4. The summed E-state index contributed by atoms with van der Waals surface area (Å²) in [5.74, 6) is -3.02. The van der Waals surface area contributed by atoms with Crippen LogP contribution in [0, 0.1) is 6.92 Å². The molecule has 0 radical (unpaired) electrons. The van der Waals surface area contributed by atoms with E-state index >= 15 is 0 Å². The first-order chi connectivity index (χ1) is 24.2. The number of likely N-dealkylation sites (tertiary alicyclic amines) is 1. The van der Waals surface area contributed by atoms with Crippen LogP contribution in [0.25, 0.3) is 0 Å². The molecule has 1 heterocycles. The van der Waals surface area contributed by atoms with Crippen LogP contribution in [0.5, 0.6) is 5.75 Å². The molecule has 0 saturated carbocycles. The number of benzene rings is 4. The molecule has 1 aliphatic heterocycles. The van der Waals surface area contributed by atoms with Gasteiger partial charge in [0.1, 0.15) is 22.9 Å². The molecule has 1 fully saturated rings. The second kappa shape index (κ2) is 15.8. The summed E-state index contributed by atoms with van der Waals surface area (Å²) in [5.41, 5.74) is 1.26. The van der Waals surface area contributed by atoms with Gasteiger partial charge in [-0.3, -0.25) is 14.5 Å². The molecule has 266 valence electrons.